The number of rotatable bonds is 5. The average molecular weight is 391 g/mol. The van der Waals surface area contributed by atoms with Crippen LogP contribution < -0.4 is 0 Å². The van der Waals surface area contributed by atoms with Gasteiger partial charge in [-0.15, -0.1) is 0 Å². The molecule has 1 heterocycles. The van der Waals surface area contributed by atoms with Crippen molar-refractivity contribution >= 4 is 33.3 Å². The molecule has 0 unspecified atom stereocenters. The summed E-state index contributed by atoms with van der Waals surface area (Å²) in [4.78, 5) is 16.1. The lowest BCUT2D eigenvalue weighted by Crippen LogP contribution is -2.06. The Morgan fingerprint density at radius 2 is 1.91 bits per heavy atom. The minimum Gasteiger partial charge on any atom is -0.443 e. The van der Waals surface area contributed by atoms with Crippen LogP contribution in [0.1, 0.15) is 11.1 Å². The normalized spacial score (nSPS) is 10.7. The van der Waals surface area contributed by atoms with Crippen LogP contribution in [0.4, 0.5) is 0 Å². The van der Waals surface area contributed by atoms with E-state index < -0.39 is 0 Å². The number of ketones is 1. The number of benzene rings is 2. The van der Waals surface area contributed by atoms with Crippen LogP contribution in [0, 0.1) is 0 Å². The van der Waals surface area contributed by atoms with Gasteiger partial charge in [0.15, 0.2) is 12.2 Å². The zero-order chi connectivity index (χ0) is 16.2. The number of aromatic nitrogens is 1. The van der Waals surface area contributed by atoms with Gasteiger partial charge in [0, 0.05) is 22.9 Å². The molecule has 23 heavy (non-hydrogen) atoms. The average Bonchev–Trinajstić information content (AvgIpc) is 3.01. The van der Waals surface area contributed by atoms with Gasteiger partial charge in [-0.1, -0.05) is 45.7 Å². The Labute approximate surface area is 147 Å². The quantitative estimate of drug-likeness (QED) is 0.608. The molecule has 0 aliphatic carbocycles. The number of halogens is 2. The van der Waals surface area contributed by atoms with Gasteiger partial charge in [-0.3, -0.25) is 4.79 Å². The second kappa shape index (κ2) is 7.11. The van der Waals surface area contributed by atoms with Crippen molar-refractivity contribution in [3.05, 3.63) is 75.7 Å². The summed E-state index contributed by atoms with van der Waals surface area (Å²) in [5, 5.41) is 0.550. The first-order valence-corrected chi connectivity index (χ1v) is 8.22. The number of hydrogen-bond acceptors (Lipinski definition) is 3. The molecule has 0 amide bonds. The van der Waals surface area contributed by atoms with E-state index in [1.807, 2.05) is 36.4 Å². The topological polar surface area (TPSA) is 43.1 Å². The Balaban J connectivity index is 1.70. The molecule has 0 atom stereocenters. The van der Waals surface area contributed by atoms with Gasteiger partial charge in [0.25, 0.3) is 0 Å². The van der Waals surface area contributed by atoms with E-state index in [-0.39, 0.29) is 5.78 Å². The smallest absolute Gasteiger partial charge is 0.181 e. The predicted octanol–water partition coefficient (Wildman–Crippen LogP) is 5.11. The Bertz CT molecular complexity index is 831. The summed E-state index contributed by atoms with van der Waals surface area (Å²) >= 11 is 9.69. The molecule has 1 aromatic heterocycles. The highest BCUT2D eigenvalue weighted by Gasteiger charge is 2.10. The molecular weight excluding hydrogens is 378 g/mol. The highest BCUT2D eigenvalue weighted by Crippen LogP contribution is 2.28. The highest BCUT2D eigenvalue weighted by atomic mass is 79.9. The van der Waals surface area contributed by atoms with Gasteiger partial charge in [-0.2, -0.15) is 0 Å². The van der Waals surface area contributed by atoms with Gasteiger partial charge in [0.05, 0.1) is 11.2 Å². The van der Waals surface area contributed by atoms with Crippen LogP contribution >= 0.6 is 27.5 Å². The summed E-state index contributed by atoms with van der Waals surface area (Å²) in [7, 11) is 0. The maximum atomic E-state index is 12.2. The standard InChI is InChI=1S/C18H13BrClNO2/c19-14-3-1-2-12(6-14)7-15(22)8-13-4-5-16(17(20)9-13)18-10-21-11-23-18/h1-6,9-11H,7-8H2. The first-order chi connectivity index (χ1) is 11.1. The van der Waals surface area contributed by atoms with Gasteiger partial charge in [0.1, 0.15) is 5.78 Å². The number of hydrogen-bond donors (Lipinski definition) is 0. The molecule has 2 aromatic carbocycles. The molecular formula is C18H13BrClNO2. The molecule has 5 heteroatoms. The van der Waals surface area contributed by atoms with E-state index in [0.29, 0.717) is 23.6 Å². The molecule has 0 spiro atoms. The second-order valence-corrected chi connectivity index (χ2v) is 6.52. The van der Waals surface area contributed by atoms with Crippen molar-refractivity contribution in [2.24, 2.45) is 0 Å². The fourth-order valence-corrected chi connectivity index (χ4v) is 3.12. The lowest BCUT2D eigenvalue weighted by Gasteiger charge is -2.06. The largest absolute Gasteiger partial charge is 0.443 e. The van der Waals surface area contributed by atoms with Crippen molar-refractivity contribution in [2.45, 2.75) is 12.8 Å². The van der Waals surface area contributed by atoms with Gasteiger partial charge in [0.2, 0.25) is 0 Å². The van der Waals surface area contributed by atoms with Gasteiger partial charge < -0.3 is 4.42 Å². The maximum absolute atomic E-state index is 12.2. The third-order valence-electron chi connectivity index (χ3n) is 3.42. The van der Waals surface area contributed by atoms with Crippen molar-refractivity contribution in [1.82, 2.24) is 4.98 Å². The van der Waals surface area contributed by atoms with E-state index in [1.54, 1.807) is 12.3 Å². The van der Waals surface area contributed by atoms with Crippen LogP contribution in [0.25, 0.3) is 11.3 Å². The molecule has 3 rings (SSSR count). The van der Waals surface area contributed by atoms with Crippen LogP contribution in [0.5, 0.6) is 0 Å². The lowest BCUT2D eigenvalue weighted by molar-refractivity contribution is -0.117. The van der Waals surface area contributed by atoms with Gasteiger partial charge >= 0.3 is 0 Å². The number of carbonyl (C=O) groups excluding carboxylic acids is 1. The molecule has 0 fully saturated rings. The van der Waals surface area contributed by atoms with Crippen molar-refractivity contribution in [3.63, 3.8) is 0 Å². The summed E-state index contributed by atoms with van der Waals surface area (Å²) in [6, 6.07) is 13.3. The minimum atomic E-state index is 0.145. The minimum absolute atomic E-state index is 0.145. The lowest BCUT2D eigenvalue weighted by atomic mass is 10.0. The molecule has 3 aromatic rings. The monoisotopic (exact) mass is 389 g/mol. The van der Waals surface area contributed by atoms with Gasteiger partial charge in [-0.25, -0.2) is 4.98 Å². The van der Waals surface area contributed by atoms with E-state index in [9.17, 15) is 4.79 Å². The van der Waals surface area contributed by atoms with E-state index in [1.165, 1.54) is 6.39 Å². The first-order valence-electron chi connectivity index (χ1n) is 7.05. The Hall–Kier alpha value is -1.91. The van der Waals surface area contributed by atoms with Crippen molar-refractivity contribution in [2.75, 3.05) is 0 Å². The van der Waals surface area contributed by atoms with Crippen LogP contribution in [-0.4, -0.2) is 10.8 Å². The first kappa shape index (κ1) is 16.0. The second-order valence-electron chi connectivity index (χ2n) is 5.20. The zero-order valence-electron chi connectivity index (χ0n) is 12.1. The van der Waals surface area contributed by atoms with E-state index in [4.69, 9.17) is 16.0 Å². The van der Waals surface area contributed by atoms with E-state index in [0.717, 1.165) is 21.2 Å². The van der Waals surface area contributed by atoms with Crippen LogP contribution in [0.3, 0.4) is 0 Å². The molecule has 0 saturated heterocycles. The summed E-state index contributed by atoms with van der Waals surface area (Å²) < 4.78 is 6.22. The van der Waals surface area contributed by atoms with E-state index >= 15 is 0 Å². The Morgan fingerprint density at radius 3 is 2.57 bits per heavy atom. The molecule has 116 valence electrons. The number of nitrogens with zero attached hydrogens (tertiary/aromatic N) is 1. The molecule has 0 saturated carbocycles. The van der Waals surface area contributed by atoms with Crippen LogP contribution in [0.2, 0.25) is 5.02 Å². The van der Waals surface area contributed by atoms with Crippen molar-refractivity contribution in [3.8, 4) is 11.3 Å². The Kier molecular flexibility index (Phi) is 4.94. The molecule has 0 N–H and O–H groups in total. The van der Waals surface area contributed by atoms with Gasteiger partial charge in [-0.05, 0) is 35.4 Å². The highest BCUT2D eigenvalue weighted by molar-refractivity contribution is 9.10. The fraction of sp³-hybridized carbons (Fsp3) is 0.111. The van der Waals surface area contributed by atoms with Crippen LogP contribution in [-0.2, 0) is 17.6 Å². The van der Waals surface area contributed by atoms with E-state index in [2.05, 4.69) is 20.9 Å². The third-order valence-corrected chi connectivity index (χ3v) is 4.23. The van der Waals surface area contributed by atoms with Crippen molar-refractivity contribution < 1.29 is 9.21 Å². The summed E-state index contributed by atoms with van der Waals surface area (Å²) in [5.74, 6) is 0.758. The molecule has 0 aliphatic rings. The zero-order valence-corrected chi connectivity index (χ0v) is 14.5. The SMILES string of the molecule is O=C(Cc1cccc(Br)c1)Cc1ccc(-c2cnco2)c(Cl)c1. The fourth-order valence-electron chi connectivity index (χ4n) is 2.38. The number of oxazole rings is 1. The van der Waals surface area contributed by atoms with Crippen LogP contribution in [0.15, 0.2) is 63.9 Å². The molecule has 0 bridgehead atoms. The maximum Gasteiger partial charge on any atom is 0.181 e. The molecule has 0 radical (unpaired) electrons. The van der Waals surface area contributed by atoms with Crippen molar-refractivity contribution in [1.29, 1.82) is 0 Å². The molecule has 3 nitrogen and oxygen atoms in total. The summed E-state index contributed by atoms with van der Waals surface area (Å²) in [6.07, 6.45) is 3.73. The molecule has 0 aliphatic heterocycles. The summed E-state index contributed by atoms with van der Waals surface area (Å²) in [5.41, 5.74) is 2.65. The third kappa shape index (κ3) is 4.09. The summed E-state index contributed by atoms with van der Waals surface area (Å²) in [6.45, 7) is 0. The number of Topliss-reactive ketones (excluding diaryl/α,β-unsaturated/α-hetero) is 1. The Morgan fingerprint density at radius 1 is 1.13 bits per heavy atom. The number of carbonyl (C=O) groups is 1. The predicted molar refractivity (Wildman–Crippen MR) is 93.5 cm³/mol.